The Morgan fingerprint density at radius 2 is 2.06 bits per heavy atom. The summed E-state index contributed by atoms with van der Waals surface area (Å²) in [7, 11) is -0.520. The molecule has 17 heavy (non-hydrogen) atoms. The van der Waals surface area contributed by atoms with Gasteiger partial charge in [-0.2, -0.15) is 0 Å². The summed E-state index contributed by atoms with van der Waals surface area (Å²) < 4.78 is 35.3. The van der Waals surface area contributed by atoms with Crippen LogP contribution in [0.15, 0.2) is 18.2 Å². The van der Waals surface area contributed by atoms with Crippen molar-refractivity contribution in [1.29, 1.82) is 0 Å². The van der Waals surface area contributed by atoms with Crippen molar-refractivity contribution < 1.29 is 17.9 Å². The molecule has 0 atom stereocenters. The van der Waals surface area contributed by atoms with Crippen molar-refractivity contribution in [3.8, 4) is 5.75 Å². The Bertz CT molecular complexity index is 473. The lowest BCUT2D eigenvalue weighted by atomic mass is 10.2. The molecule has 96 valence electrons. The van der Waals surface area contributed by atoms with Gasteiger partial charge in [-0.05, 0) is 12.1 Å². The predicted octanol–water partition coefficient (Wildman–Crippen LogP) is 0.665. The number of rotatable bonds is 6. The van der Waals surface area contributed by atoms with Crippen LogP contribution in [0.25, 0.3) is 0 Å². The summed E-state index contributed by atoms with van der Waals surface area (Å²) in [5, 5.41) is 0. The number of nitrogens with two attached hydrogens (primary N) is 1. The summed E-state index contributed by atoms with van der Waals surface area (Å²) >= 11 is 0. The second-order valence-electron chi connectivity index (χ2n) is 3.37. The number of anilines is 2. The Hall–Kier alpha value is -1.47. The van der Waals surface area contributed by atoms with Gasteiger partial charge in [-0.25, -0.2) is 8.42 Å². The summed E-state index contributed by atoms with van der Waals surface area (Å²) in [6.07, 6.45) is 0. The van der Waals surface area contributed by atoms with E-state index in [1.807, 2.05) is 0 Å². The fourth-order valence-corrected chi connectivity index (χ4v) is 2.16. The fraction of sp³-hybridized carbons (Fsp3) is 0.400. The summed E-state index contributed by atoms with van der Waals surface area (Å²) in [4.78, 5) is 0. The molecule has 0 saturated heterocycles. The number of nitrogen functional groups attached to an aromatic ring is 1. The van der Waals surface area contributed by atoms with Crippen LogP contribution in [0.3, 0.4) is 0 Å². The third kappa shape index (κ3) is 4.12. The minimum Gasteiger partial charge on any atom is -0.497 e. The van der Waals surface area contributed by atoms with Gasteiger partial charge >= 0.3 is 0 Å². The molecule has 0 saturated carbocycles. The first-order valence-corrected chi connectivity index (χ1v) is 6.56. The molecule has 3 N–H and O–H groups in total. The highest BCUT2D eigenvalue weighted by atomic mass is 32.2. The van der Waals surface area contributed by atoms with Crippen LogP contribution >= 0.6 is 0 Å². The molecule has 0 unspecified atom stereocenters. The molecule has 0 aromatic heterocycles. The molecular formula is C10H16N2O4S. The summed E-state index contributed by atoms with van der Waals surface area (Å²) in [5.74, 6) is 0.406. The van der Waals surface area contributed by atoms with Gasteiger partial charge in [0.25, 0.3) is 0 Å². The van der Waals surface area contributed by atoms with Crippen LogP contribution in [0.5, 0.6) is 5.75 Å². The molecule has 0 aliphatic carbocycles. The van der Waals surface area contributed by atoms with Gasteiger partial charge in [0, 0.05) is 13.2 Å². The molecule has 0 fully saturated rings. The molecule has 1 aromatic rings. The molecule has 1 aromatic carbocycles. The van der Waals surface area contributed by atoms with E-state index < -0.39 is 10.0 Å². The molecular weight excluding hydrogens is 244 g/mol. The average molecular weight is 260 g/mol. The van der Waals surface area contributed by atoms with Crippen LogP contribution in [-0.2, 0) is 14.8 Å². The Morgan fingerprint density at radius 3 is 2.65 bits per heavy atom. The molecule has 0 amide bonds. The van der Waals surface area contributed by atoms with Gasteiger partial charge in [-0.1, -0.05) is 0 Å². The highest BCUT2D eigenvalue weighted by Gasteiger charge is 2.12. The second-order valence-corrected chi connectivity index (χ2v) is 5.21. The van der Waals surface area contributed by atoms with E-state index in [0.29, 0.717) is 17.1 Å². The zero-order chi connectivity index (χ0) is 12.9. The van der Waals surface area contributed by atoms with E-state index >= 15 is 0 Å². The number of hydrogen-bond donors (Lipinski definition) is 2. The minimum absolute atomic E-state index is 0.124. The topological polar surface area (TPSA) is 90.7 Å². The Morgan fingerprint density at radius 1 is 1.35 bits per heavy atom. The predicted molar refractivity (Wildman–Crippen MR) is 66.7 cm³/mol. The normalized spacial score (nSPS) is 11.2. The molecule has 0 spiro atoms. The summed E-state index contributed by atoms with van der Waals surface area (Å²) in [6.45, 7) is 0.124. The number of ether oxygens (including phenoxy) is 2. The first-order valence-electron chi connectivity index (χ1n) is 4.91. The molecule has 0 aliphatic heterocycles. The number of sulfonamides is 1. The number of nitrogens with one attached hydrogen (secondary N) is 1. The lowest BCUT2D eigenvalue weighted by molar-refractivity contribution is 0.217. The van der Waals surface area contributed by atoms with Crippen LogP contribution < -0.4 is 15.2 Å². The maximum Gasteiger partial charge on any atom is 0.235 e. The van der Waals surface area contributed by atoms with Crippen molar-refractivity contribution in [2.24, 2.45) is 0 Å². The summed E-state index contributed by atoms with van der Waals surface area (Å²) in [5.41, 5.74) is 6.31. The maximum atomic E-state index is 11.6. The van der Waals surface area contributed by atoms with Crippen LogP contribution in [-0.4, -0.2) is 35.0 Å². The molecule has 0 aliphatic rings. The first kappa shape index (κ1) is 13.6. The molecule has 0 bridgehead atoms. The van der Waals surface area contributed by atoms with Crippen molar-refractivity contribution in [2.75, 3.05) is 37.0 Å². The largest absolute Gasteiger partial charge is 0.497 e. The standard InChI is InChI=1S/C10H16N2O4S/c1-15-5-6-17(13,14)12-10-7-8(16-2)3-4-9(10)11/h3-4,7,12H,5-6,11H2,1-2H3. The van der Waals surface area contributed by atoms with E-state index in [-0.39, 0.29) is 12.4 Å². The highest BCUT2D eigenvalue weighted by molar-refractivity contribution is 7.92. The van der Waals surface area contributed by atoms with Crippen LogP contribution in [0.1, 0.15) is 0 Å². The maximum absolute atomic E-state index is 11.6. The zero-order valence-corrected chi connectivity index (χ0v) is 10.6. The van der Waals surface area contributed by atoms with Gasteiger partial charge < -0.3 is 15.2 Å². The van der Waals surface area contributed by atoms with Gasteiger partial charge in [0.15, 0.2) is 0 Å². The Balaban J connectivity index is 2.87. The smallest absolute Gasteiger partial charge is 0.235 e. The van der Waals surface area contributed by atoms with E-state index in [9.17, 15) is 8.42 Å². The highest BCUT2D eigenvalue weighted by Crippen LogP contribution is 2.25. The minimum atomic E-state index is -3.45. The van der Waals surface area contributed by atoms with E-state index in [2.05, 4.69) is 4.72 Å². The number of methoxy groups -OCH3 is 2. The third-order valence-corrected chi connectivity index (χ3v) is 3.32. The molecule has 0 radical (unpaired) electrons. The van der Waals surface area contributed by atoms with Gasteiger partial charge in [0.2, 0.25) is 10.0 Å². The van der Waals surface area contributed by atoms with Gasteiger partial charge in [0.1, 0.15) is 5.75 Å². The van der Waals surface area contributed by atoms with Gasteiger partial charge in [-0.3, -0.25) is 4.72 Å². The van der Waals surface area contributed by atoms with E-state index in [4.69, 9.17) is 15.2 Å². The van der Waals surface area contributed by atoms with Crippen molar-refractivity contribution in [3.63, 3.8) is 0 Å². The Kier molecular flexibility index (Phi) is 4.59. The molecule has 0 heterocycles. The van der Waals surface area contributed by atoms with E-state index in [1.165, 1.54) is 20.3 Å². The van der Waals surface area contributed by atoms with E-state index in [1.54, 1.807) is 12.1 Å². The van der Waals surface area contributed by atoms with Crippen LogP contribution in [0, 0.1) is 0 Å². The van der Waals surface area contributed by atoms with Crippen molar-refractivity contribution >= 4 is 21.4 Å². The average Bonchev–Trinajstić information content (AvgIpc) is 2.29. The number of benzene rings is 1. The van der Waals surface area contributed by atoms with Crippen LogP contribution in [0.4, 0.5) is 11.4 Å². The lowest BCUT2D eigenvalue weighted by Crippen LogP contribution is -2.20. The first-order chi connectivity index (χ1) is 7.98. The SMILES string of the molecule is COCCS(=O)(=O)Nc1cc(OC)ccc1N. The van der Waals surface area contributed by atoms with Crippen molar-refractivity contribution in [3.05, 3.63) is 18.2 Å². The van der Waals surface area contributed by atoms with Crippen molar-refractivity contribution in [2.45, 2.75) is 0 Å². The molecule has 6 nitrogen and oxygen atoms in total. The van der Waals surface area contributed by atoms with Gasteiger partial charge in [-0.15, -0.1) is 0 Å². The van der Waals surface area contributed by atoms with E-state index in [0.717, 1.165) is 0 Å². The molecule has 7 heteroatoms. The monoisotopic (exact) mass is 260 g/mol. The number of hydrogen-bond acceptors (Lipinski definition) is 5. The third-order valence-electron chi connectivity index (χ3n) is 2.08. The Labute approximate surface area is 101 Å². The molecule has 1 rings (SSSR count). The quantitative estimate of drug-likeness (QED) is 0.733. The van der Waals surface area contributed by atoms with Crippen LogP contribution in [0.2, 0.25) is 0 Å². The van der Waals surface area contributed by atoms with Crippen molar-refractivity contribution in [1.82, 2.24) is 0 Å². The lowest BCUT2D eigenvalue weighted by Gasteiger charge is -2.11. The summed E-state index contributed by atoms with van der Waals surface area (Å²) in [6, 6.07) is 4.76. The second kappa shape index (κ2) is 5.74. The zero-order valence-electron chi connectivity index (χ0n) is 9.76. The fourth-order valence-electron chi connectivity index (χ4n) is 1.16. The van der Waals surface area contributed by atoms with Gasteiger partial charge in [0.05, 0.1) is 30.8 Å².